The molecule has 1 fully saturated rings. The molecule has 0 bridgehead atoms. The van der Waals surface area contributed by atoms with Crippen molar-refractivity contribution in [2.75, 3.05) is 13.1 Å². The average molecular weight is 241 g/mol. The van der Waals surface area contributed by atoms with Gasteiger partial charge in [0.25, 0.3) is 5.87 Å². The number of rotatable bonds is 7. The second kappa shape index (κ2) is 6.40. The van der Waals surface area contributed by atoms with Gasteiger partial charge in [0.05, 0.1) is 6.10 Å². The maximum atomic E-state index is 11.7. The average Bonchev–Trinajstić information content (AvgIpc) is 3.07. The topological polar surface area (TPSA) is 49.5 Å². The number of aliphatic hydroxyl groups excluding tert-OH is 1. The van der Waals surface area contributed by atoms with E-state index in [4.69, 9.17) is 4.74 Å². The first-order valence-electron chi connectivity index (χ1n) is 6.55. The molecule has 1 aliphatic rings. The Morgan fingerprint density at radius 1 is 1.41 bits per heavy atom. The third kappa shape index (κ3) is 4.68. The van der Waals surface area contributed by atoms with E-state index in [2.05, 4.69) is 0 Å². The highest BCUT2D eigenvalue weighted by atomic mass is 16.5. The summed E-state index contributed by atoms with van der Waals surface area (Å²) in [6.07, 6.45) is -0.0682. The minimum Gasteiger partial charge on any atom is -0.466 e. The van der Waals surface area contributed by atoms with Gasteiger partial charge in [-0.05, 0) is 31.3 Å². The van der Waals surface area contributed by atoms with Crippen LogP contribution in [0.25, 0.3) is 0 Å². The second-order valence-corrected chi connectivity index (χ2v) is 5.35. The van der Waals surface area contributed by atoms with E-state index in [1.165, 1.54) is 0 Å². The van der Waals surface area contributed by atoms with Crippen LogP contribution >= 0.6 is 0 Å². The van der Waals surface area contributed by atoms with Gasteiger partial charge in [0.15, 0.2) is 0 Å². The van der Waals surface area contributed by atoms with Crippen LogP contribution in [0, 0.1) is 11.8 Å². The Bertz CT molecular complexity index is 256. The molecule has 0 aromatic carbocycles. The maximum absolute atomic E-state index is 11.7. The van der Waals surface area contributed by atoms with E-state index in [9.17, 15) is 9.90 Å². The molecule has 5 heteroatoms. The van der Waals surface area contributed by atoms with Crippen LogP contribution in [0.4, 0.5) is 4.79 Å². The van der Waals surface area contributed by atoms with Gasteiger partial charge in [0, 0.05) is 0 Å². The molecule has 0 amide bonds. The zero-order chi connectivity index (χ0) is 13.0. The summed E-state index contributed by atoms with van der Waals surface area (Å²) in [5.74, 6) is 0.0704. The molecule has 98 valence electrons. The molecule has 1 N–H and O–H groups in total. The maximum Gasteiger partial charge on any atom is 0.341 e. The molecule has 0 saturated carbocycles. The van der Waals surface area contributed by atoms with Crippen molar-refractivity contribution in [2.45, 2.75) is 46.3 Å². The van der Waals surface area contributed by atoms with Gasteiger partial charge < -0.3 is 14.7 Å². The first-order chi connectivity index (χ1) is 7.95. The van der Waals surface area contributed by atoms with Crippen LogP contribution < -0.4 is 0 Å². The van der Waals surface area contributed by atoms with Crippen molar-refractivity contribution in [3.8, 4) is 0 Å². The van der Waals surface area contributed by atoms with E-state index in [0.717, 1.165) is 19.5 Å². The molecule has 3 unspecified atom stereocenters. The van der Waals surface area contributed by atoms with Crippen LogP contribution in [0.5, 0.6) is 0 Å². The minimum absolute atomic E-state index is 0.100. The summed E-state index contributed by atoms with van der Waals surface area (Å²) >= 11 is 0. The fourth-order valence-corrected chi connectivity index (χ4v) is 1.73. The molecule has 1 rings (SSSR count). The lowest BCUT2D eigenvalue weighted by molar-refractivity contribution is -0.0391. The Morgan fingerprint density at radius 2 is 2.00 bits per heavy atom. The minimum atomic E-state index is -0.580. The normalized spacial score (nSPS) is 20.8. The van der Waals surface area contributed by atoms with E-state index >= 15 is 0 Å². The van der Waals surface area contributed by atoms with E-state index in [0.29, 0.717) is 7.41 Å². The summed E-state index contributed by atoms with van der Waals surface area (Å²) in [6, 6.07) is 0. The fourth-order valence-electron chi connectivity index (χ4n) is 1.73. The van der Waals surface area contributed by atoms with Crippen molar-refractivity contribution in [2.24, 2.45) is 11.8 Å². The van der Waals surface area contributed by atoms with Crippen molar-refractivity contribution in [1.82, 2.24) is 4.81 Å². The Hall–Kier alpha value is -0.545. The summed E-state index contributed by atoms with van der Waals surface area (Å²) in [5.41, 5.74) is 0. The zero-order valence-corrected chi connectivity index (χ0v) is 11.3. The van der Waals surface area contributed by atoms with Gasteiger partial charge in [-0.25, -0.2) is 0 Å². The molecule has 0 radical (unpaired) electrons. The summed E-state index contributed by atoms with van der Waals surface area (Å²) in [4.78, 5) is 13.7. The van der Waals surface area contributed by atoms with Crippen LogP contribution in [0.15, 0.2) is 0 Å². The standard InChI is InChI=1S/C12H24BNO3/c1-5-9(4)11(10(15)8(2)3)17-12(16)13-14-6-7-14/h8-11,13,15H,5-7H2,1-4H3. The number of hydrogen-bond donors (Lipinski definition) is 1. The molecule has 3 atom stereocenters. The molecular formula is C12H24BNO3. The van der Waals surface area contributed by atoms with Gasteiger partial charge >= 0.3 is 7.41 Å². The quantitative estimate of drug-likeness (QED) is 0.538. The van der Waals surface area contributed by atoms with Crippen molar-refractivity contribution >= 4 is 13.3 Å². The largest absolute Gasteiger partial charge is 0.466 e. The van der Waals surface area contributed by atoms with E-state index < -0.39 is 6.10 Å². The van der Waals surface area contributed by atoms with Gasteiger partial charge in [0.2, 0.25) is 0 Å². The smallest absolute Gasteiger partial charge is 0.341 e. The SMILES string of the molecule is CCC(C)C(OC(=O)BN1CC1)C(O)C(C)C. The molecule has 4 nitrogen and oxygen atoms in total. The van der Waals surface area contributed by atoms with Gasteiger partial charge in [-0.2, -0.15) is 0 Å². The van der Waals surface area contributed by atoms with Crippen LogP contribution in [-0.4, -0.2) is 48.5 Å². The van der Waals surface area contributed by atoms with Crippen molar-refractivity contribution in [3.63, 3.8) is 0 Å². The number of ether oxygens (including phenoxy) is 1. The molecule has 17 heavy (non-hydrogen) atoms. The first kappa shape index (κ1) is 14.5. The third-order valence-corrected chi connectivity index (χ3v) is 3.38. The van der Waals surface area contributed by atoms with Gasteiger partial charge in [-0.1, -0.05) is 27.7 Å². The van der Waals surface area contributed by atoms with E-state index in [1.807, 2.05) is 32.5 Å². The van der Waals surface area contributed by atoms with E-state index in [-0.39, 0.29) is 23.8 Å². The highest BCUT2D eigenvalue weighted by Gasteiger charge is 2.32. The number of carbonyl (C=O) groups excluding carboxylic acids is 1. The van der Waals surface area contributed by atoms with Crippen LogP contribution in [0.2, 0.25) is 0 Å². The van der Waals surface area contributed by atoms with Gasteiger partial charge in [-0.3, -0.25) is 4.79 Å². The molecule has 0 spiro atoms. The third-order valence-electron chi connectivity index (χ3n) is 3.38. The molecule has 0 aliphatic carbocycles. The first-order valence-corrected chi connectivity index (χ1v) is 6.55. The van der Waals surface area contributed by atoms with Crippen molar-refractivity contribution < 1.29 is 14.6 Å². The summed E-state index contributed by atoms with van der Waals surface area (Å²) < 4.78 is 5.45. The predicted molar refractivity (Wildman–Crippen MR) is 69.3 cm³/mol. The summed E-state index contributed by atoms with van der Waals surface area (Å²) in [5, 5.41) is 10.1. The summed E-state index contributed by atoms with van der Waals surface area (Å²) in [7, 11) is 0.359. The molecule has 0 aromatic rings. The predicted octanol–water partition coefficient (Wildman–Crippen LogP) is 1.22. The fraction of sp³-hybridized carbons (Fsp3) is 0.917. The number of carbonyl (C=O) groups is 1. The van der Waals surface area contributed by atoms with Crippen molar-refractivity contribution in [1.29, 1.82) is 0 Å². The molecule has 1 heterocycles. The lowest BCUT2D eigenvalue weighted by Gasteiger charge is -2.30. The molecular weight excluding hydrogens is 217 g/mol. The zero-order valence-electron chi connectivity index (χ0n) is 11.3. The lowest BCUT2D eigenvalue weighted by Crippen LogP contribution is -2.41. The number of hydrogen-bond acceptors (Lipinski definition) is 4. The van der Waals surface area contributed by atoms with Crippen LogP contribution in [0.3, 0.4) is 0 Å². The Labute approximate surface area is 105 Å². The monoisotopic (exact) mass is 241 g/mol. The second-order valence-electron chi connectivity index (χ2n) is 5.35. The molecule has 1 aliphatic heterocycles. The van der Waals surface area contributed by atoms with Crippen LogP contribution in [-0.2, 0) is 4.74 Å². The molecule has 0 aromatic heterocycles. The van der Waals surface area contributed by atoms with Crippen molar-refractivity contribution in [3.05, 3.63) is 0 Å². The van der Waals surface area contributed by atoms with Gasteiger partial charge in [-0.15, -0.1) is 0 Å². The highest BCUT2D eigenvalue weighted by Crippen LogP contribution is 2.20. The highest BCUT2D eigenvalue weighted by molar-refractivity contribution is 6.70. The lowest BCUT2D eigenvalue weighted by atomic mass is 9.89. The molecule has 1 saturated heterocycles. The van der Waals surface area contributed by atoms with Gasteiger partial charge in [0.1, 0.15) is 6.10 Å². The number of nitrogens with zero attached hydrogens (tertiary/aromatic N) is 1. The Balaban J connectivity index is 2.52. The summed E-state index contributed by atoms with van der Waals surface area (Å²) in [6.45, 7) is 9.91. The van der Waals surface area contributed by atoms with E-state index in [1.54, 1.807) is 0 Å². The number of aliphatic hydroxyl groups is 1. The van der Waals surface area contributed by atoms with Crippen LogP contribution in [0.1, 0.15) is 34.1 Å². The Kier molecular flexibility index (Phi) is 5.47. The Morgan fingerprint density at radius 3 is 2.41 bits per heavy atom.